The number of alkyl carbamates (subject to hydrolysis) is 1. The molecule has 0 aromatic heterocycles. The van der Waals surface area contributed by atoms with E-state index in [0.717, 1.165) is 5.56 Å². The van der Waals surface area contributed by atoms with Crippen LogP contribution in [0.25, 0.3) is 0 Å². The van der Waals surface area contributed by atoms with E-state index in [1.54, 1.807) is 57.2 Å². The van der Waals surface area contributed by atoms with E-state index in [2.05, 4.69) is 5.32 Å². The Morgan fingerprint density at radius 2 is 1.57 bits per heavy atom. The summed E-state index contributed by atoms with van der Waals surface area (Å²) in [6.07, 6.45) is -0.763. The van der Waals surface area contributed by atoms with Crippen molar-refractivity contribution >= 4 is 41.2 Å². The van der Waals surface area contributed by atoms with Gasteiger partial charge in [0.1, 0.15) is 11.6 Å². The fourth-order valence-electron chi connectivity index (χ4n) is 2.44. The van der Waals surface area contributed by atoms with Gasteiger partial charge in [0.15, 0.2) is 5.78 Å². The first-order valence-electron chi connectivity index (χ1n) is 9.24. The van der Waals surface area contributed by atoms with E-state index in [4.69, 9.17) is 16.3 Å². The van der Waals surface area contributed by atoms with Gasteiger partial charge in [0, 0.05) is 27.7 Å². The molecule has 0 saturated carbocycles. The number of halogens is 1. The molecule has 160 valence electrons. The van der Waals surface area contributed by atoms with Gasteiger partial charge in [0.25, 0.3) is 0 Å². The number of rotatable bonds is 8. The summed E-state index contributed by atoms with van der Waals surface area (Å²) < 4.78 is 5.10. The number of benzene rings is 2. The average molecular weight is 450 g/mol. The first-order valence-corrected chi connectivity index (χ1v) is 10.8. The van der Waals surface area contributed by atoms with Crippen LogP contribution in [0, 0.1) is 0 Å². The Labute approximate surface area is 185 Å². The fourth-order valence-corrected chi connectivity index (χ4v) is 3.57. The van der Waals surface area contributed by atoms with Crippen molar-refractivity contribution in [2.75, 3.05) is 5.75 Å². The molecule has 30 heavy (non-hydrogen) atoms. The van der Waals surface area contributed by atoms with Gasteiger partial charge < -0.3 is 15.2 Å². The molecule has 2 aromatic rings. The molecule has 0 aliphatic rings. The number of carboxylic acids is 1. The second-order valence-corrected chi connectivity index (χ2v) is 9.05. The number of carboxylic acid groups (broad SMARTS) is 1. The Balaban J connectivity index is 1.89. The number of thioether (sulfide) groups is 1. The zero-order valence-corrected chi connectivity index (χ0v) is 18.5. The normalized spacial score (nSPS) is 12.1. The van der Waals surface area contributed by atoms with Crippen LogP contribution in [0.2, 0.25) is 5.02 Å². The lowest BCUT2D eigenvalue weighted by atomic mass is 10.0. The quantitative estimate of drug-likeness (QED) is 0.563. The van der Waals surface area contributed by atoms with Gasteiger partial charge in [-0.1, -0.05) is 35.9 Å². The molecule has 0 aliphatic heterocycles. The first-order chi connectivity index (χ1) is 14.0. The summed E-state index contributed by atoms with van der Waals surface area (Å²) in [4.78, 5) is 35.7. The minimum Gasteiger partial charge on any atom is -0.480 e. The molecule has 0 heterocycles. The molecular formula is C22H24ClNO5S. The number of carbonyl (C=O) groups is 3. The average Bonchev–Trinajstić information content (AvgIpc) is 2.66. The molecule has 6 nitrogen and oxygen atoms in total. The maximum atomic E-state index is 12.5. The van der Waals surface area contributed by atoms with Crippen LogP contribution in [0.5, 0.6) is 0 Å². The number of hydrogen-bond acceptors (Lipinski definition) is 5. The second-order valence-electron chi connectivity index (χ2n) is 7.59. The molecule has 2 N–H and O–H groups in total. The van der Waals surface area contributed by atoms with Crippen LogP contribution in [0.4, 0.5) is 4.79 Å². The third-order valence-electron chi connectivity index (χ3n) is 3.86. The SMILES string of the molecule is CC(C)(C)OC(=O)NC(CSCc1ccc(C(=O)c2ccc(Cl)cc2)cc1)C(=O)O. The highest BCUT2D eigenvalue weighted by Gasteiger charge is 2.23. The standard InChI is InChI=1S/C22H24ClNO5S/c1-22(2,3)29-21(28)24-18(20(26)27)13-30-12-14-4-6-15(7-5-14)19(25)16-8-10-17(23)11-9-16/h4-11,18H,12-13H2,1-3H3,(H,24,28)(H,26,27). The van der Waals surface area contributed by atoms with Crippen LogP contribution in [0.3, 0.4) is 0 Å². The summed E-state index contributed by atoms with van der Waals surface area (Å²) in [6.45, 7) is 5.12. The highest BCUT2D eigenvalue weighted by molar-refractivity contribution is 7.98. The van der Waals surface area contributed by atoms with Crippen molar-refractivity contribution < 1.29 is 24.2 Å². The summed E-state index contributed by atoms with van der Waals surface area (Å²) >= 11 is 7.21. The third kappa shape index (κ3) is 7.72. The molecule has 0 spiro atoms. The molecule has 8 heteroatoms. The van der Waals surface area contributed by atoms with E-state index in [-0.39, 0.29) is 11.5 Å². The molecule has 1 amide bonds. The number of aliphatic carboxylic acids is 1. The Morgan fingerprint density at radius 3 is 2.07 bits per heavy atom. The van der Waals surface area contributed by atoms with Crippen LogP contribution in [-0.4, -0.2) is 40.3 Å². The number of carbonyl (C=O) groups excluding carboxylic acids is 2. The van der Waals surface area contributed by atoms with Gasteiger partial charge in [-0.25, -0.2) is 9.59 Å². The molecular weight excluding hydrogens is 426 g/mol. The zero-order valence-electron chi connectivity index (χ0n) is 17.0. The van der Waals surface area contributed by atoms with E-state index >= 15 is 0 Å². The van der Waals surface area contributed by atoms with Crippen LogP contribution in [0.1, 0.15) is 42.3 Å². The Bertz CT molecular complexity index is 891. The fraction of sp³-hybridized carbons (Fsp3) is 0.318. The van der Waals surface area contributed by atoms with Gasteiger partial charge in [-0.05, 0) is 50.6 Å². The summed E-state index contributed by atoms with van der Waals surface area (Å²) in [5.41, 5.74) is 1.35. The molecule has 1 atom stereocenters. The summed E-state index contributed by atoms with van der Waals surface area (Å²) in [5, 5.41) is 12.3. The highest BCUT2D eigenvalue weighted by atomic mass is 35.5. The third-order valence-corrected chi connectivity index (χ3v) is 5.22. The molecule has 0 fully saturated rings. The van der Waals surface area contributed by atoms with Crippen molar-refractivity contribution in [1.29, 1.82) is 0 Å². The predicted octanol–water partition coefficient (Wildman–Crippen LogP) is 4.78. The van der Waals surface area contributed by atoms with Gasteiger partial charge in [-0.3, -0.25) is 4.79 Å². The lowest BCUT2D eigenvalue weighted by Crippen LogP contribution is -2.44. The van der Waals surface area contributed by atoms with E-state index < -0.39 is 23.7 Å². The number of amides is 1. The van der Waals surface area contributed by atoms with Crippen molar-refractivity contribution in [1.82, 2.24) is 5.32 Å². The van der Waals surface area contributed by atoms with Crippen molar-refractivity contribution in [3.05, 3.63) is 70.2 Å². The van der Waals surface area contributed by atoms with E-state index in [0.29, 0.717) is 21.9 Å². The van der Waals surface area contributed by atoms with Crippen LogP contribution < -0.4 is 5.32 Å². The lowest BCUT2D eigenvalue weighted by Gasteiger charge is -2.21. The topological polar surface area (TPSA) is 92.7 Å². The van der Waals surface area contributed by atoms with E-state index in [1.807, 2.05) is 12.1 Å². The zero-order chi connectivity index (χ0) is 22.3. The number of ether oxygens (including phenoxy) is 1. The first kappa shape index (κ1) is 23.8. The summed E-state index contributed by atoms with van der Waals surface area (Å²) in [7, 11) is 0. The Hall–Kier alpha value is -2.51. The Morgan fingerprint density at radius 1 is 1.03 bits per heavy atom. The highest BCUT2D eigenvalue weighted by Crippen LogP contribution is 2.18. The predicted molar refractivity (Wildman–Crippen MR) is 118 cm³/mol. The van der Waals surface area contributed by atoms with Crippen LogP contribution >= 0.6 is 23.4 Å². The molecule has 0 radical (unpaired) electrons. The van der Waals surface area contributed by atoms with Gasteiger partial charge in [-0.15, -0.1) is 0 Å². The van der Waals surface area contributed by atoms with Crippen molar-refractivity contribution in [3.63, 3.8) is 0 Å². The maximum Gasteiger partial charge on any atom is 0.408 e. The van der Waals surface area contributed by atoms with E-state index in [9.17, 15) is 19.5 Å². The second kappa shape index (κ2) is 10.5. The largest absolute Gasteiger partial charge is 0.480 e. The molecule has 2 aromatic carbocycles. The minimum atomic E-state index is -1.13. The number of nitrogens with one attached hydrogen (secondary N) is 1. The van der Waals surface area contributed by atoms with Crippen molar-refractivity contribution in [2.45, 2.75) is 38.2 Å². The van der Waals surface area contributed by atoms with Crippen LogP contribution in [0.15, 0.2) is 48.5 Å². The van der Waals surface area contributed by atoms with Gasteiger partial charge in [0.2, 0.25) is 0 Å². The van der Waals surface area contributed by atoms with Crippen LogP contribution in [-0.2, 0) is 15.3 Å². The molecule has 0 aliphatic carbocycles. The molecule has 1 unspecified atom stereocenters. The van der Waals surface area contributed by atoms with Gasteiger partial charge in [0.05, 0.1) is 0 Å². The van der Waals surface area contributed by atoms with Gasteiger partial charge in [-0.2, -0.15) is 11.8 Å². The maximum absolute atomic E-state index is 12.5. The number of ketones is 1. The van der Waals surface area contributed by atoms with Crippen molar-refractivity contribution in [2.24, 2.45) is 0 Å². The molecule has 2 rings (SSSR count). The number of hydrogen-bond donors (Lipinski definition) is 2. The monoisotopic (exact) mass is 449 g/mol. The van der Waals surface area contributed by atoms with E-state index in [1.165, 1.54) is 11.8 Å². The lowest BCUT2D eigenvalue weighted by molar-refractivity contribution is -0.138. The molecule has 0 saturated heterocycles. The summed E-state index contributed by atoms with van der Waals surface area (Å²) in [5.74, 6) is -0.509. The molecule has 0 bridgehead atoms. The minimum absolute atomic E-state index is 0.0987. The van der Waals surface area contributed by atoms with Crippen molar-refractivity contribution in [3.8, 4) is 0 Å². The summed E-state index contributed by atoms with van der Waals surface area (Å²) in [6, 6.07) is 12.8. The van der Waals surface area contributed by atoms with Gasteiger partial charge >= 0.3 is 12.1 Å². The smallest absolute Gasteiger partial charge is 0.408 e. The Kier molecular flexibility index (Phi) is 8.32.